The molecule has 10 heteroatoms. The van der Waals surface area contributed by atoms with E-state index in [9.17, 15) is 19.5 Å². The number of rotatable bonds is 6. The normalized spacial score (nSPS) is 31.9. The number of fused-ring (bicyclic) bond motifs is 1. The van der Waals surface area contributed by atoms with Crippen molar-refractivity contribution in [2.24, 2.45) is 17.8 Å². The average molecular weight is 479 g/mol. The Balaban J connectivity index is 1.82. The molecule has 2 aliphatic heterocycles. The Morgan fingerprint density at radius 2 is 1.68 bits per heavy atom. The summed E-state index contributed by atoms with van der Waals surface area (Å²) in [7, 11) is -0.333. The molecule has 0 aromatic carbocycles. The van der Waals surface area contributed by atoms with Crippen molar-refractivity contribution < 1.29 is 28.8 Å². The smallest absolute Gasteiger partial charge is 0.457 e. The van der Waals surface area contributed by atoms with Crippen LogP contribution < -0.4 is 10.6 Å². The van der Waals surface area contributed by atoms with Crippen LogP contribution in [0.3, 0.4) is 0 Å². The van der Waals surface area contributed by atoms with Gasteiger partial charge in [-0.05, 0) is 85.4 Å². The maximum Gasteiger partial charge on any atom is 0.457 e. The molecular formula is C24H42BN3O6. The zero-order valence-corrected chi connectivity index (χ0v) is 22.0. The molecule has 2 saturated heterocycles. The van der Waals surface area contributed by atoms with Crippen molar-refractivity contribution in [2.45, 2.75) is 103 Å². The highest BCUT2D eigenvalue weighted by Gasteiger charge is 2.61. The van der Waals surface area contributed by atoms with Gasteiger partial charge in [-0.25, -0.2) is 4.79 Å². The lowest BCUT2D eigenvalue weighted by atomic mass is 9.74. The van der Waals surface area contributed by atoms with E-state index in [1.807, 2.05) is 48.5 Å². The fourth-order valence-electron chi connectivity index (χ4n) is 5.93. The van der Waals surface area contributed by atoms with Crippen LogP contribution in [0.2, 0.25) is 6.32 Å². The molecule has 0 bridgehead atoms. The molecule has 192 valence electrons. The van der Waals surface area contributed by atoms with Crippen LogP contribution in [0.4, 0.5) is 4.79 Å². The first kappa shape index (κ1) is 26.8. The predicted molar refractivity (Wildman–Crippen MR) is 129 cm³/mol. The van der Waals surface area contributed by atoms with Crippen molar-refractivity contribution in [3.8, 4) is 0 Å². The first-order chi connectivity index (χ1) is 15.5. The summed E-state index contributed by atoms with van der Waals surface area (Å²) in [6.45, 7) is 16.0. The van der Waals surface area contributed by atoms with Crippen molar-refractivity contribution in [3.05, 3.63) is 0 Å². The van der Waals surface area contributed by atoms with E-state index in [0.717, 1.165) is 6.42 Å². The van der Waals surface area contributed by atoms with Gasteiger partial charge in [-0.15, -0.1) is 0 Å². The van der Waals surface area contributed by atoms with Crippen LogP contribution in [0.1, 0.15) is 74.7 Å². The second-order valence-corrected chi connectivity index (χ2v) is 12.4. The van der Waals surface area contributed by atoms with Crippen molar-refractivity contribution >= 4 is 25.0 Å². The van der Waals surface area contributed by atoms with Crippen LogP contribution in [-0.4, -0.2) is 70.4 Å². The van der Waals surface area contributed by atoms with Gasteiger partial charge in [-0.1, -0.05) is 6.42 Å². The lowest BCUT2D eigenvalue weighted by Crippen LogP contribution is -2.64. The summed E-state index contributed by atoms with van der Waals surface area (Å²) in [5, 5.41) is 15.7. The molecule has 3 rings (SSSR count). The largest absolute Gasteiger partial charge is 0.465 e. The number of likely N-dealkylation sites (tertiary alicyclic amines) is 1. The van der Waals surface area contributed by atoms with Crippen molar-refractivity contribution in [2.75, 3.05) is 13.1 Å². The summed E-state index contributed by atoms with van der Waals surface area (Å²) in [5.41, 5.74) is -2.33. The highest BCUT2D eigenvalue weighted by atomic mass is 16.7. The third-order valence-electron chi connectivity index (χ3n) is 8.05. The van der Waals surface area contributed by atoms with E-state index >= 15 is 0 Å². The molecule has 0 radical (unpaired) electrons. The fourth-order valence-corrected chi connectivity index (χ4v) is 5.93. The Morgan fingerprint density at radius 3 is 2.18 bits per heavy atom. The molecule has 4 atom stereocenters. The van der Waals surface area contributed by atoms with Crippen LogP contribution in [0.15, 0.2) is 0 Å². The number of hydrogen-bond acceptors (Lipinski definition) is 5. The number of nitrogens with one attached hydrogen (secondary N) is 2. The van der Waals surface area contributed by atoms with E-state index in [2.05, 4.69) is 10.6 Å². The van der Waals surface area contributed by atoms with E-state index in [0.29, 0.717) is 32.3 Å². The third-order valence-corrected chi connectivity index (χ3v) is 8.05. The maximum atomic E-state index is 13.7. The van der Waals surface area contributed by atoms with Gasteiger partial charge in [0, 0.05) is 25.6 Å². The van der Waals surface area contributed by atoms with Gasteiger partial charge in [-0.3, -0.25) is 9.59 Å². The van der Waals surface area contributed by atoms with E-state index in [-0.39, 0.29) is 36.7 Å². The Morgan fingerprint density at radius 1 is 1.09 bits per heavy atom. The monoisotopic (exact) mass is 479 g/mol. The zero-order chi connectivity index (χ0) is 25.7. The lowest BCUT2D eigenvalue weighted by Gasteiger charge is -2.39. The number of hydrogen-bond donors (Lipinski definition) is 3. The summed E-state index contributed by atoms with van der Waals surface area (Å²) in [5.74, 6) is -0.597. The zero-order valence-electron chi connectivity index (χ0n) is 22.0. The average Bonchev–Trinajstić information content (AvgIpc) is 3.22. The minimum absolute atomic E-state index is 0.00645. The van der Waals surface area contributed by atoms with E-state index in [1.165, 1.54) is 11.8 Å². The highest BCUT2D eigenvalue weighted by Crippen LogP contribution is 2.51. The van der Waals surface area contributed by atoms with Crippen LogP contribution in [0, 0.1) is 17.8 Å². The molecule has 3 N–H and O–H groups in total. The molecule has 1 aliphatic carbocycles. The summed E-state index contributed by atoms with van der Waals surface area (Å²) >= 11 is 0. The first-order valence-corrected chi connectivity index (χ1v) is 12.4. The quantitative estimate of drug-likeness (QED) is 0.505. The molecule has 1 saturated carbocycles. The molecule has 0 unspecified atom stereocenters. The lowest BCUT2D eigenvalue weighted by molar-refractivity contribution is -0.136. The molecule has 3 fully saturated rings. The summed E-state index contributed by atoms with van der Waals surface area (Å²) in [4.78, 5) is 39.1. The Bertz CT molecular complexity index is 810. The standard InChI is InChI=1S/C24H42BN3O6/c1-15(29)26-24(19(30)27-21(2,3)4)12-16-13-28(20(31)32)14-17(16)18(24)10-9-11-25-33-22(5,6)23(7,8)34-25/h16-18H,9-14H2,1-8H3,(H,26,29)(H,27,30)(H,31,32)/t16-,17+,18-,24-/m0/s1. The van der Waals surface area contributed by atoms with Gasteiger partial charge in [-0.2, -0.15) is 0 Å². The van der Waals surface area contributed by atoms with Crippen LogP contribution in [-0.2, 0) is 18.9 Å². The molecule has 3 aliphatic rings. The number of carboxylic acid groups (broad SMARTS) is 1. The molecule has 9 nitrogen and oxygen atoms in total. The molecule has 0 spiro atoms. The van der Waals surface area contributed by atoms with E-state index in [1.54, 1.807) is 0 Å². The maximum absolute atomic E-state index is 13.7. The third kappa shape index (κ3) is 5.22. The van der Waals surface area contributed by atoms with Gasteiger partial charge in [0.1, 0.15) is 5.54 Å². The van der Waals surface area contributed by atoms with Crippen molar-refractivity contribution in [3.63, 3.8) is 0 Å². The number of carbonyl (C=O) groups is 3. The molecule has 2 heterocycles. The number of nitrogens with zero attached hydrogens (tertiary/aromatic N) is 1. The number of amides is 3. The predicted octanol–water partition coefficient (Wildman–Crippen LogP) is 2.89. The molecule has 3 amide bonds. The van der Waals surface area contributed by atoms with Gasteiger partial charge in [0.05, 0.1) is 11.2 Å². The first-order valence-electron chi connectivity index (χ1n) is 12.4. The van der Waals surface area contributed by atoms with Crippen molar-refractivity contribution in [1.29, 1.82) is 0 Å². The van der Waals surface area contributed by atoms with Crippen LogP contribution >= 0.6 is 0 Å². The van der Waals surface area contributed by atoms with E-state index < -0.39 is 28.4 Å². The summed E-state index contributed by atoms with van der Waals surface area (Å²) in [6.07, 6.45) is 1.57. The molecule has 0 aromatic heterocycles. The molecule has 0 aromatic rings. The SMILES string of the molecule is CC(=O)N[C@@]1(C(=O)NC(C)(C)C)C[C@H]2CN(C(=O)O)C[C@H]2[C@@H]1CCCB1OC(C)(C)C(C)(C)O1. The van der Waals surface area contributed by atoms with Crippen LogP contribution in [0.25, 0.3) is 0 Å². The Hall–Kier alpha value is -1.81. The van der Waals surface area contributed by atoms with E-state index in [4.69, 9.17) is 9.31 Å². The molecule has 34 heavy (non-hydrogen) atoms. The minimum atomic E-state index is -1.06. The summed E-state index contributed by atoms with van der Waals surface area (Å²) in [6, 6.07) is 0. The molecular weight excluding hydrogens is 437 g/mol. The van der Waals surface area contributed by atoms with Gasteiger partial charge in [0.2, 0.25) is 11.8 Å². The second kappa shape index (κ2) is 9.01. The van der Waals surface area contributed by atoms with Gasteiger partial charge in [0.15, 0.2) is 0 Å². The van der Waals surface area contributed by atoms with Gasteiger partial charge in [0.25, 0.3) is 0 Å². The van der Waals surface area contributed by atoms with Crippen LogP contribution in [0.5, 0.6) is 0 Å². The van der Waals surface area contributed by atoms with Gasteiger partial charge < -0.3 is 29.9 Å². The van der Waals surface area contributed by atoms with Gasteiger partial charge >= 0.3 is 13.2 Å². The topological polar surface area (TPSA) is 117 Å². The Labute approximate surface area is 203 Å². The fraction of sp³-hybridized carbons (Fsp3) is 0.875. The second-order valence-electron chi connectivity index (χ2n) is 12.4. The minimum Gasteiger partial charge on any atom is -0.465 e. The number of carbonyl (C=O) groups excluding carboxylic acids is 2. The Kier molecular flexibility index (Phi) is 7.10. The highest BCUT2D eigenvalue weighted by molar-refractivity contribution is 6.45. The summed E-state index contributed by atoms with van der Waals surface area (Å²) < 4.78 is 12.3. The van der Waals surface area contributed by atoms with Crippen molar-refractivity contribution in [1.82, 2.24) is 15.5 Å².